The number of carbonyl (C=O) groups is 1. The van der Waals surface area contributed by atoms with Crippen LogP contribution in [-0.2, 0) is 17.4 Å². The van der Waals surface area contributed by atoms with E-state index in [2.05, 4.69) is 15.4 Å². The Morgan fingerprint density at radius 2 is 1.81 bits per heavy atom. The number of fused-ring (bicyclic) bond motifs is 2. The molecule has 5 nitrogen and oxygen atoms in total. The second-order valence-electron chi connectivity index (χ2n) is 6.58. The minimum Gasteiger partial charge on any atom is -0.325 e. The van der Waals surface area contributed by atoms with Gasteiger partial charge in [-0.15, -0.1) is 5.10 Å². The lowest BCUT2D eigenvalue weighted by molar-refractivity contribution is -0.144. The fourth-order valence-electron chi connectivity index (χ4n) is 3.49. The van der Waals surface area contributed by atoms with Gasteiger partial charge in [0.1, 0.15) is 0 Å². The molecule has 0 unspecified atom stereocenters. The van der Waals surface area contributed by atoms with E-state index in [1.54, 1.807) is 13.0 Å². The first kappa shape index (κ1) is 16.6. The molecule has 3 aromatic rings. The molecule has 0 spiro atoms. The van der Waals surface area contributed by atoms with Crippen LogP contribution in [0.5, 0.6) is 0 Å². The number of benzene rings is 1. The van der Waals surface area contributed by atoms with Crippen LogP contribution in [0.1, 0.15) is 28.1 Å². The van der Waals surface area contributed by atoms with Crippen molar-refractivity contribution < 1.29 is 18.0 Å². The van der Waals surface area contributed by atoms with Crippen molar-refractivity contribution in [2.75, 3.05) is 5.32 Å². The Hall–Kier alpha value is -2.90. The normalized spacial score (nSPS) is 14.0. The summed E-state index contributed by atoms with van der Waals surface area (Å²) in [6.07, 6.45) is -4.36. The molecule has 0 aliphatic carbocycles. The highest BCUT2D eigenvalue weighted by molar-refractivity contribution is 6.00. The number of hydrogen-bond donors (Lipinski definition) is 1. The maximum Gasteiger partial charge on any atom is 0.453 e. The second-order valence-corrected chi connectivity index (χ2v) is 6.58. The van der Waals surface area contributed by atoms with Gasteiger partial charge in [-0.2, -0.15) is 13.2 Å². The van der Waals surface area contributed by atoms with Crippen LogP contribution in [-0.4, -0.2) is 20.5 Å². The molecular weight excluding hydrogens is 345 g/mol. The van der Waals surface area contributed by atoms with E-state index in [1.807, 2.05) is 26.0 Å². The second kappa shape index (κ2) is 5.30. The lowest BCUT2D eigenvalue weighted by atomic mass is 9.98. The number of halogens is 3. The number of amides is 1. The van der Waals surface area contributed by atoms with Crippen LogP contribution < -0.4 is 5.32 Å². The van der Waals surface area contributed by atoms with Gasteiger partial charge in [-0.05, 0) is 55.2 Å². The minimum absolute atomic E-state index is 0.0915. The summed E-state index contributed by atoms with van der Waals surface area (Å²) in [5.41, 5.74) is 5.27. The zero-order valence-electron chi connectivity index (χ0n) is 14.3. The molecule has 134 valence electrons. The van der Waals surface area contributed by atoms with E-state index < -0.39 is 12.0 Å². The predicted octanol–water partition coefficient (Wildman–Crippen LogP) is 3.83. The predicted molar refractivity (Wildman–Crippen MR) is 90.0 cm³/mol. The molecule has 1 N–H and O–H groups in total. The summed E-state index contributed by atoms with van der Waals surface area (Å²) in [6, 6.07) is 5.47. The summed E-state index contributed by atoms with van der Waals surface area (Å²) in [4.78, 5) is 15.4. The minimum atomic E-state index is -4.62. The van der Waals surface area contributed by atoms with Gasteiger partial charge < -0.3 is 5.32 Å². The number of pyridine rings is 1. The van der Waals surface area contributed by atoms with Gasteiger partial charge in [0.2, 0.25) is 5.91 Å². The molecule has 1 amide bonds. The number of aryl methyl sites for hydroxylation is 3. The van der Waals surface area contributed by atoms with Crippen LogP contribution >= 0.6 is 0 Å². The Kier molecular flexibility index (Phi) is 3.37. The number of alkyl halides is 3. The number of nitrogens with one attached hydrogen (secondary N) is 1. The summed E-state index contributed by atoms with van der Waals surface area (Å²) in [6.45, 7) is 5.39. The highest BCUT2D eigenvalue weighted by atomic mass is 19.4. The lowest BCUT2D eigenvalue weighted by Crippen LogP contribution is -2.08. The van der Waals surface area contributed by atoms with E-state index in [1.165, 1.54) is 4.52 Å². The first-order chi connectivity index (χ1) is 12.1. The first-order valence-corrected chi connectivity index (χ1v) is 8.03. The van der Waals surface area contributed by atoms with Gasteiger partial charge in [0.05, 0.1) is 12.1 Å². The molecule has 0 atom stereocenters. The van der Waals surface area contributed by atoms with Crippen LogP contribution in [0, 0.1) is 20.8 Å². The third kappa shape index (κ3) is 2.44. The van der Waals surface area contributed by atoms with Gasteiger partial charge in [0, 0.05) is 11.3 Å². The zero-order valence-corrected chi connectivity index (χ0v) is 14.3. The van der Waals surface area contributed by atoms with Crippen LogP contribution in [0.2, 0.25) is 0 Å². The van der Waals surface area contributed by atoms with E-state index in [0.29, 0.717) is 16.8 Å². The average Bonchev–Trinajstić information content (AvgIpc) is 3.10. The van der Waals surface area contributed by atoms with Crippen molar-refractivity contribution in [2.24, 2.45) is 0 Å². The molecule has 26 heavy (non-hydrogen) atoms. The van der Waals surface area contributed by atoms with Gasteiger partial charge in [0.15, 0.2) is 5.65 Å². The van der Waals surface area contributed by atoms with Crippen LogP contribution in [0.25, 0.3) is 16.9 Å². The Bertz CT molecular complexity index is 1080. The maximum atomic E-state index is 13.1. The SMILES string of the molecule is Cc1cc(-c2c(C)cc(C)c3nc(C(F)(F)F)nn23)cc2c1NC(=O)C2. The van der Waals surface area contributed by atoms with Crippen molar-refractivity contribution in [3.05, 3.63) is 46.3 Å². The van der Waals surface area contributed by atoms with E-state index >= 15 is 0 Å². The highest BCUT2D eigenvalue weighted by Crippen LogP contribution is 2.35. The number of aromatic nitrogens is 3. The third-order valence-corrected chi connectivity index (χ3v) is 4.54. The topological polar surface area (TPSA) is 59.3 Å². The van der Waals surface area contributed by atoms with Gasteiger partial charge in [0.25, 0.3) is 5.82 Å². The zero-order chi connectivity index (χ0) is 18.8. The molecule has 0 fully saturated rings. The van der Waals surface area contributed by atoms with Crippen molar-refractivity contribution >= 4 is 17.2 Å². The molecule has 1 aromatic carbocycles. The summed E-state index contributed by atoms with van der Waals surface area (Å²) in [7, 11) is 0. The summed E-state index contributed by atoms with van der Waals surface area (Å²) in [5, 5.41) is 6.52. The first-order valence-electron chi connectivity index (χ1n) is 8.03. The van der Waals surface area contributed by atoms with Gasteiger partial charge in [-0.25, -0.2) is 9.50 Å². The molecule has 0 saturated carbocycles. The summed E-state index contributed by atoms with van der Waals surface area (Å²) < 4.78 is 40.5. The van der Waals surface area contributed by atoms with E-state index in [4.69, 9.17) is 0 Å². The maximum absolute atomic E-state index is 13.1. The van der Waals surface area contributed by atoms with Gasteiger partial charge >= 0.3 is 6.18 Å². The summed E-state index contributed by atoms with van der Waals surface area (Å²) in [5.74, 6) is -1.26. The molecular formula is C18H15F3N4O. The Morgan fingerprint density at radius 3 is 2.50 bits per heavy atom. The van der Waals surface area contributed by atoms with E-state index in [9.17, 15) is 18.0 Å². The average molecular weight is 360 g/mol. The van der Waals surface area contributed by atoms with Crippen molar-refractivity contribution in [1.82, 2.24) is 14.6 Å². The van der Waals surface area contributed by atoms with Crippen molar-refractivity contribution in [3.63, 3.8) is 0 Å². The molecule has 0 radical (unpaired) electrons. The Balaban J connectivity index is 2.01. The Morgan fingerprint density at radius 1 is 1.08 bits per heavy atom. The molecule has 3 heterocycles. The molecule has 4 rings (SSSR count). The monoisotopic (exact) mass is 360 g/mol. The molecule has 0 bridgehead atoms. The third-order valence-electron chi connectivity index (χ3n) is 4.54. The van der Waals surface area contributed by atoms with Crippen LogP contribution in [0.4, 0.5) is 18.9 Å². The lowest BCUT2D eigenvalue weighted by Gasteiger charge is -2.13. The van der Waals surface area contributed by atoms with Gasteiger partial charge in [-0.1, -0.05) is 6.07 Å². The standard InChI is InChI=1S/C18H15F3N4O/c1-8-5-12(6-11-7-13(26)22-14(8)11)15-9(2)4-10(3)16-23-17(18(19,20)21)24-25(15)16/h4-6H,7H2,1-3H3,(H,22,26). The van der Waals surface area contributed by atoms with Gasteiger partial charge in [-0.3, -0.25) is 4.79 Å². The number of anilines is 1. The van der Waals surface area contributed by atoms with Crippen LogP contribution in [0.3, 0.4) is 0 Å². The molecule has 1 aliphatic heterocycles. The molecule has 1 aliphatic rings. The fraction of sp³-hybridized carbons (Fsp3) is 0.278. The number of nitrogens with zero attached hydrogens (tertiary/aromatic N) is 3. The van der Waals surface area contributed by atoms with Crippen molar-refractivity contribution in [3.8, 4) is 11.3 Å². The number of rotatable bonds is 1. The fourth-order valence-corrected chi connectivity index (χ4v) is 3.49. The molecule has 0 saturated heterocycles. The summed E-state index contributed by atoms with van der Waals surface area (Å²) >= 11 is 0. The van der Waals surface area contributed by atoms with Crippen molar-refractivity contribution in [1.29, 1.82) is 0 Å². The van der Waals surface area contributed by atoms with E-state index in [0.717, 1.165) is 22.4 Å². The highest BCUT2D eigenvalue weighted by Gasteiger charge is 2.37. The van der Waals surface area contributed by atoms with Crippen molar-refractivity contribution in [2.45, 2.75) is 33.4 Å². The quantitative estimate of drug-likeness (QED) is 0.717. The number of hydrogen-bond acceptors (Lipinski definition) is 3. The largest absolute Gasteiger partial charge is 0.453 e. The Labute approximate surface area is 146 Å². The molecule has 2 aromatic heterocycles. The van der Waals surface area contributed by atoms with Crippen LogP contribution in [0.15, 0.2) is 18.2 Å². The number of carbonyl (C=O) groups excluding carboxylic acids is 1. The smallest absolute Gasteiger partial charge is 0.325 e. The van der Waals surface area contributed by atoms with E-state index in [-0.39, 0.29) is 18.0 Å². The molecule has 8 heteroatoms.